The van der Waals surface area contributed by atoms with Crippen LogP contribution in [-0.4, -0.2) is 28.7 Å². The average molecular weight is 341 g/mol. The third-order valence-corrected chi connectivity index (χ3v) is 5.36. The summed E-state index contributed by atoms with van der Waals surface area (Å²) in [6.07, 6.45) is 4.49. The number of H-pyrrole nitrogens is 1. The van der Waals surface area contributed by atoms with Gasteiger partial charge >= 0.3 is 0 Å². The molecule has 130 valence electrons. The first-order valence-electron chi connectivity index (χ1n) is 8.64. The quantitative estimate of drug-likeness (QED) is 0.792. The van der Waals surface area contributed by atoms with Gasteiger partial charge in [0.25, 0.3) is 5.91 Å². The lowest BCUT2D eigenvalue weighted by Crippen LogP contribution is -2.46. The van der Waals surface area contributed by atoms with Crippen LogP contribution in [0.1, 0.15) is 61.8 Å². The molecule has 5 nitrogen and oxygen atoms in total. The van der Waals surface area contributed by atoms with E-state index in [9.17, 15) is 4.79 Å². The molecule has 6 heteroatoms. The molecule has 0 saturated heterocycles. The van der Waals surface area contributed by atoms with E-state index in [0.717, 1.165) is 37.2 Å². The molecule has 0 spiro atoms. The normalized spacial score (nSPS) is 27.2. The van der Waals surface area contributed by atoms with Crippen LogP contribution in [0, 0.1) is 17.8 Å². The van der Waals surface area contributed by atoms with Gasteiger partial charge in [0.15, 0.2) is 5.69 Å². The maximum absolute atomic E-state index is 12.7. The number of nitrogens with one attached hydrogen (secondary N) is 3. The Balaban J connectivity index is 0.00000192. The van der Waals surface area contributed by atoms with E-state index in [1.807, 2.05) is 0 Å². The molecule has 1 aromatic rings. The van der Waals surface area contributed by atoms with Gasteiger partial charge in [-0.15, -0.1) is 12.4 Å². The van der Waals surface area contributed by atoms with Gasteiger partial charge in [-0.05, 0) is 30.6 Å². The number of hydrogen-bond acceptors (Lipinski definition) is 3. The van der Waals surface area contributed by atoms with E-state index in [0.29, 0.717) is 23.4 Å². The molecule has 0 aromatic carbocycles. The highest BCUT2D eigenvalue weighted by Crippen LogP contribution is 2.33. The van der Waals surface area contributed by atoms with Crippen LogP contribution in [0.2, 0.25) is 0 Å². The lowest BCUT2D eigenvalue weighted by molar-refractivity contribution is 0.0861. The fourth-order valence-electron chi connectivity index (χ4n) is 4.02. The highest BCUT2D eigenvalue weighted by molar-refractivity contribution is 5.94. The summed E-state index contributed by atoms with van der Waals surface area (Å²) in [6.45, 7) is 8.51. The van der Waals surface area contributed by atoms with Gasteiger partial charge in [0.2, 0.25) is 0 Å². The highest BCUT2D eigenvalue weighted by Gasteiger charge is 2.33. The van der Waals surface area contributed by atoms with Crippen LogP contribution in [0.3, 0.4) is 0 Å². The van der Waals surface area contributed by atoms with Gasteiger partial charge < -0.3 is 10.6 Å². The standard InChI is InChI=1S/C17H28N4O.ClH/c1-10(2)12-5-4-11(3)8-15(12)19-17(22)16-13-9-18-7-6-14(13)20-21-16;/h10-12,15,18H,4-9H2,1-3H3,(H,19,22)(H,20,21);1H. The summed E-state index contributed by atoms with van der Waals surface area (Å²) in [5.41, 5.74) is 2.75. The monoisotopic (exact) mass is 340 g/mol. The molecule has 3 unspecified atom stereocenters. The van der Waals surface area contributed by atoms with Gasteiger partial charge in [-0.25, -0.2) is 0 Å². The van der Waals surface area contributed by atoms with Gasteiger partial charge in [0, 0.05) is 36.8 Å². The van der Waals surface area contributed by atoms with E-state index in [4.69, 9.17) is 0 Å². The minimum atomic E-state index is -0.00838. The number of hydrogen-bond donors (Lipinski definition) is 3. The maximum Gasteiger partial charge on any atom is 0.272 e. The summed E-state index contributed by atoms with van der Waals surface area (Å²) < 4.78 is 0. The zero-order valence-corrected chi connectivity index (χ0v) is 15.1. The van der Waals surface area contributed by atoms with Gasteiger partial charge in [0.1, 0.15) is 0 Å². The van der Waals surface area contributed by atoms with Crippen LogP contribution in [0.5, 0.6) is 0 Å². The third-order valence-electron chi connectivity index (χ3n) is 5.36. The van der Waals surface area contributed by atoms with Crippen molar-refractivity contribution in [3.63, 3.8) is 0 Å². The van der Waals surface area contributed by atoms with E-state index in [2.05, 4.69) is 41.6 Å². The number of aromatic amines is 1. The summed E-state index contributed by atoms with van der Waals surface area (Å²) >= 11 is 0. The Labute approximate surface area is 144 Å². The SMILES string of the molecule is CC1CCC(C(C)C)C(NC(=O)c2n[nH]c3c2CNCC3)C1.Cl. The number of nitrogens with zero attached hydrogens (tertiary/aromatic N) is 1. The molecule has 2 aliphatic rings. The molecule has 3 atom stereocenters. The molecule has 1 fully saturated rings. The van der Waals surface area contributed by atoms with Gasteiger partial charge in [-0.2, -0.15) is 5.10 Å². The highest BCUT2D eigenvalue weighted by atomic mass is 35.5. The number of carbonyl (C=O) groups excluding carboxylic acids is 1. The largest absolute Gasteiger partial charge is 0.348 e. The number of carbonyl (C=O) groups is 1. The smallest absolute Gasteiger partial charge is 0.272 e. The Kier molecular flexibility index (Phi) is 6.09. The third kappa shape index (κ3) is 3.89. The molecule has 2 heterocycles. The number of amides is 1. The molecular formula is C17H29ClN4O. The van der Waals surface area contributed by atoms with Crippen molar-refractivity contribution in [1.82, 2.24) is 20.8 Å². The van der Waals surface area contributed by atoms with Crippen molar-refractivity contribution in [2.24, 2.45) is 17.8 Å². The van der Waals surface area contributed by atoms with Crippen molar-refractivity contribution in [3.05, 3.63) is 17.0 Å². The number of halogens is 1. The van der Waals surface area contributed by atoms with Crippen molar-refractivity contribution < 1.29 is 4.79 Å². The second kappa shape index (κ2) is 7.67. The first kappa shape index (κ1) is 18.3. The summed E-state index contributed by atoms with van der Waals surface area (Å²) in [5.74, 6) is 1.86. The van der Waals surface area contributed by atoms with Crippen LogP contribution in [-0.2, 0) is 13.0 Å². The van der Waals surface area contributed by atoms with Crippen molar-refractivity contribution in [2.75, 3.05) is 6.54 Å². The summed E-state index contributed by atoms with van der Waals surface area (Å²) in [7, 11) is 0. The van der Waals surface area contributed by atoms with Crippen molar-refractivity contribution in [2.45, 2.75) is 59.0 Å². The first-order valence-corrected chi connectivity index (χ1v) is 8.64. The van der Waals surface area contributed by atoms with Crippen molar-refractivity contribution in [3.8, 4) is 0 Å². The molecule has 3 N–H and O–H groups in total. The molecule has 1 amide bonds. The molecule has 0 bridgehead atoms. The van der Waals surface area contributed by atoms with Crippen LogP contribution in [0.15, 0.2) is 0 Å². The fraction of sp³-hybridized carbons (Fsp3) is 0.765. The van der Waals surface area contributed by atoms with E-state index in [1.54, 1.807) is 0 Å². The summed E-state index contributed by atoms with van der Waals surface area (Å²) in [4.78, 5) is 12.7. The predicted molar refractivity (Wildman–Crippen MR) is 93.8 cm³/mol. The minimum Gasteiger partial charge on any atom is -0.348 e. The fourth-order valence-corrected chi connectivity index (χ4v) is 4.02. The van der Waals surface area contributed by atoms with Gasteiger partial charge in [-0.3, -0.25) is 9.89 Å². The Bertz CT molecular complexity index is 543. The predicted octanol–water partition coefficient (Wildman–Crippen LogP) is 2.67. The summed E-state index contributed by atoms with van der Waals surface area (Å²) in [5, 5.41) is 13.9. The van der Waals surface area contributed by atoms with Crippen LogP contribution in [0.4, 0.5) is 0 Å². The Morgan fingerprint density at radius 2 is 2.13 bits per heavy atom. The van der Waals surface area contributed by atoms with Gasteiger partial charge in [-0.1, -0.05) is 27.2 Å². The molecule has 1 aliphatic heterocycles. The molecular weight excluding hydrogens is 312 g/mol. The van der Waals surface area contributed by atoms with Crippen LogP contribution >= 0.6 is 12.4 Å². The molecule has 3 rings (SSSR count). The second-order valence-corrected chi connectivity index (χ2v) is 7.36. The lowest BCUT2D eigenvalue weighted by atomic mass is 9.74. The molecule has 23 heavy (non-hydrogen) atoms. The number of rotatable bonds is 3. The van der Waals surface area contributed by atoms with Crippen molar-refractivity contribution >= 4 is 18.3 Å². The van der Waals surface area contributed by atoms with Gasteiger partial charge in [0.05, 0.1) is 0 Å². The van der Waals surface area contributed by atoms with E-state index < -0.39 is 0 Å². The maximum atomic E-state index is 12.7. The molecule has 1 saturated carbocycles. The van der Waals surface area contributed by atoms with E-state index in [1.165, 1.54) is 12.8 Å². The topological polar surface area (TPSA) is 69.8 Å². The van der Waals surface area contributed by atoms with Crippen LogP contribution < -0.4 is 10.6 Å². The zero-order valence-electron chi connectivity index (χ0n) is 14.3. The Morgan fingerprint density at radius 1 is 1.35 bits per heavy atom. The summed E-state index contributed by atoms with van der Waals surface area (Å²) in [6, 6.07) is 0.278. The van der Waals surface area contributed by atoms with Crippen molar-refractivity contribution in [1.29, 1.82) is 0 Å². The second-order valence-electron chi connectivity index (χ2n) is 7.36. The molecule has 1 aromatic heterocycles. The first-order chi connectivity index (χ1) is 10.6. The Morgan fingerprint density at radius 3 is 2.87 bits per heavy atom. The zero-order chi connectivity index (χ0) is 15.7. The Hall–Kier alpha value is -1.07. The molecule has 0 radical (unpaired) electrons. The minimum absolute atomic E-state index is 0. The van der Waals surface area contributed by atoms with Crippen LogP contribution in [0.25, 0.3) is 0 Å². The average Bonchev–Trinajstić information content (AvgIpc) is 2.91. The lowest BCUT2D eigenvalue weighted by Gasteiger charge is -2.37. The van der Waals surface area contributed by atoms with E-state index >= 15 is 0 Å². The number of aromatic nitrogens is 2. The van der Waals surface area contributed by atoms with E-state index in [-0.39, 0.29) is 24.4 Å². The number of fused-ring (bicyclic) bond motifs is 1. The molecule has 1 aliphatic carbocycles.